The Balaban J connectivity index is 2.01. The lowest BCUT2D eigenvalue weighted by atomic mass is 9.95. The molecule has 0 aliphatic carbocycles. The summed E-state index contributed by atoms with van der Waals surface area (Å²) in [4.78, 5) is 34.9. The second-order valence-electron chi connectivity index (χ2n) is 5.97. The fraction of sp³-hybridized carbons (Fsp3) is 0.467. The van der Waals surface area contributed by atoms with E-state index in [1.807, 2.05) is 0 Å². The van der Waals surface area contributed by atoms with Crippen LogP contribution in [0.15, 0.2) is 18.2 Å². The van der Waals surface area contributed by atoms with E-state index in [4.69, 9.17) is 17.3 Å². The van der Waals surface area contributed by atoms with E-state index < -0.39 is 4.92 Å². The number of primary amides is 1. The fourth-order valence-electron chi connectivity index (χ4n) is 2.86. The van der Waals surface area contributed by atoms with Gasteiger partial charge in [0.1, 0.15) is 0 Å². The number of nitrogens with one attached hydrogen (secondary N) is 2. The number of rotatable bonds is 5. The van der Waals surface area contributed by atoms with E-state index in [-0.39, 0.29) is 40.2 Å². The maximum absolute atomic E-state index is 12.4. The number of nitro groups is 1. The molecule has 1 aromatic rings. The smallest absolute Gasteiger partial charge is 0.282 e. The van der Waals surface area contributed by atoms with Gasteiger partial charge >= 0.3 is 0 Å². The molecule has 1 saturated heterocycles. The topological polar surface area (TPSA) is 120 Å². The number of anilines is 1. The van der Waals surface area contributed by atoms with E-state index in [2.05, 4.69) is 5.32 Å². The molecule has 4 N–H and O–H groups in total. The molecular formula is C15H20ClN4O4+. The lowest BCUT2D eigenvalue weighted by molar-refractivity contribution is -0.919. The van der Waals surface area contributed by atoms with Crippen LogP contribution in [0.4, 0.5) is 11.4 Å². The van der Waals surface area contributed by atoms with Crippen molar-refractivity contribution < 1.29 is 19.4 Å². The molecule has 1 atom stereocenters. The van der Waals surface area contributed by atoms with Gasteiger partial charge in [-0.3, -0.25) is 19.7 Å². The highest BCUT2D eigenvalue weighted by molar-refractivity contribution is 6.33. The SMILES string of the molecule is C[C@@H](C(=O)Nc1cc([N+](=O)[O-])ccc1Cl)[NH+]1CCC(C(N)=O)CC1. The van der Waals surface area contributed by atoms with Crippen molar-refractivity contribution in [2.24, 2.45) is 11.7 Å². The first kappa shape index (κ1) is 18.2. The molecular weight excluding hydrogens is 336 g/mol. The van der Waals surface area contributed by atoms with Crippen molar-refractivity contribution in [1.29, 1.82) is 0 Å². The van der Waals surface area contributed by atoms with Crippen molar-refractivity contribution >= 4 is 34.8 Å². The summed E-state index contributed by atoms with van der Waals surface area (Å²) < 4.78 is 0. The van der Waals surface area contributed by atoms with Gasteiger partial charge in [0.25, 0.3) is 11.6 Å². The summed E-state index contributed by atoms with van der Waals surface area (Å²) in [6, 6.07) is 3.53. The van der Waals surface area contributed by atoms with E-state index in [9.17, 15) is 19.7 Å². The van der Waals surface area contributed by atoms with Crippen LogP contribution in [0.3, 0.4) is 0 Å². The average molecular weight is 356 g/mol. The first-order chi connectivity index (χ1) is 11.3. The van der Waals surface area contributed by atoms with Crippen molar-refractivity contribution in [3.63, 3.8) is 0 Å². The summed E-state index contributed by atoms with van der Waals surface area (Å²) in [6.45, 7) is 3.12. The van der Waals surface area contributed by atoms with Gasteiger partial charge in [0.15, 0.2) is 6.04 Å². The van der Waals surface area contributed by atoms with Crippen LogP contribution in [-0.4, -0.2) is 35.9 Å². The van der Waals surface area contributed by atoms with Crippen molar-refractivity contribution in [2.75, 3.05) is 18.4 Å². The number of benzene rings is 1. The Morgan fingerprint density at radius 2 is 2.04 bits per heavy atom. The van der Waals surface area contributed by atoms with Gasteiger partial charge in [-0.1, -0.05) is 11.6 Å². The van der Waals surface area contributed by atoms with E-state index in [1.54, 1.807) is 6.92 Å². The molecule has 0 unspecified atom stereocenters. The lowest BCUT2D eigenvalue weighted by Crippen LogP contribution is -3.17. The molecule has 8 nitrogen and oxygen atoms in total. The predicted octanol–water partition coefficient (Wildman–Crippen LogP) is 0.355. The molecule has 1 aromatic carbocycles. The number of hydrogen-bond acceptors (Lipinski definition) is 4. The quantitative estimate of drug-likeness (QED) is 0.521. The molecule has 24 heavy (non-hydrogen) atoms. The fourth-order valence-corrected chi connectivity index (χ4v) is 3.02. The number of hydrogen-bond donors (Lipinski definition) is 3. The largest absolute Gasteiger partial charge is 0.369 e. The van der Waals surface area contributed by atoms with Gasteiger partial charge in [-0.05, 0) is 13.0 Å². The van der Waals surface area contributed by atoms with Gasteiger partial charge in [-0.15, -0.1) is 0 Å². The number of carbonyl (C=O) groups is 2. The second-order valence-corrected chi connectivity index (χ2v) is 6.37. The van der Waals surface area contributed by atoms with Crippen LogP contribution < -0.4 is 16.0 Å². The molecule has 0 radical (unpaired) electrons. The standard InChI is InChI=1S/C15H19ClN4O4/c1-9(19-6-4-10(5-7-19)14(17)21)15(22)18-13-8-11(20(23)24)2-3-12(13)16/h2-3,8-10H,4-7H2,1H3,(H2,17,21)(H,18,22)/p+1/t9-/m0/s1. The summed E-state index contributed by atoms with van der Waals surface area (Å²) in [7, 11) is 0. The van der Waals surface area contributed by atoms with E-state index in [0.29, 0.717) is 25.9 Å². The van der Waals surface area contributed by atoms with Gasteiger partial charge in [0.2, 0.25) is 5.91 Å². The van der Waals surface area contributed by atoms with Crippen LogP contribution in [0.25, 0.3) is 0 Å². The number of non-ortho nitro benzene ring substituents is 1. The molecule has 1 fully saturated rings. The number of nitro benzene ring substituents is 1. The highest BCUT2D eigenvalue weighted by atomic mass is 35.5. The summed E-state index contributed by atoms with van der Waals surface area (Å²) in [5, 5.41) is 13.7. The van der Waals surface area contributed by atoms with Crippen LogP contribution in [0.5, 0.6) is 0 Å². The number of nitrogens with zero attached hydrogens (tertiary/aromatic N) is 1. The highest BCUT2D eigenvalue weighted by Gasteiger charge is 2.32. The second kappa shape index (κ2) is 7.59. The van der Waals surface area contributed by atoms with Gasteiger partial charge in [0, 0.05) is 30.9 Å². The summed E-state index contributed by atoms with van der Waals surface area (Å²) >= 11 is 5.99. The molecule has 2 rings (SSSR count). The Hall–Kier alpha value is -2.19. The van der Waals surface area contributed by atoms with Crippen LogP contribution >= 0.6 is 11.6 Å². The molecule has 9 heteroatoms. The third kappa shape index (κ3) is 4.21. The molecule has 0 spiro atoms. The third-order valence-electron chi connectivity index (χ3n) is 4.45. The maximum atomic E-state index is 12.4. The zero-order valence-electron chi connectivity index (χ0n) is 13.3. The molecule has 1 heterocycles. The minimum absolute atomic E-state index is 0.129. The Kier molecular flexibility index (Phi) is 5.74. The maximum Gasteiger partial charge on any atom is 0.282 e. The van der Waals surface area contributed by atoms with Crippen LogP contribution in [-0.2, 0) is 9.59 Å². The molecule has 130 valence electrons. The Morgan fingerprint density at radius 3 is 2.58 bits per heavy atom. The first-order valence-electron chi connectivity index (χ1n) is 7.68. The number of halogens is 1. The lowest BCUT2D eigenvalue weighted by Gasteiger charge is -2.31. The zero-order valence-corrected chi connectivity index (χ0v) is 14.0. The molecule has 0 saturated carbocycles. The van der Waals surface area contributed by atoms with E-state index in [0.717, 1.165) is 4.90 Å². The average Bonchev–Trinajstić information content (AvgIpc) is 2.55. The summed E-state index contributed by atoms with van der Waals surface area (Å²) in [5.74, 6) is -0.699. The zero-order chi connectivity index (χ0) is 17.9. The van der Waals surface area contributed by atoms with Gasteiger partial charge in [-0.25, -0.2) is 0 Å². The van der Waals surface area contributed by atoms with E-state index in [1.165, 1.54) is 18.2 Å². The molecule has 1 aliphatic rings. The molecule has 0 aromatic heterocycles. The number of carbonyl (C=O) groups excluding carboxylic acids is 2. The summed E-state index contributed by atoms with van der Waals surface area (Å²) in [6.07, 6.45) is 1.31. The van der Waals surface area contributed by atoms with Gasteiger partial charge in [-0.2, -0.15) is 0 Å². The number of amides is 2. The van der Waals surface area contributed by atoms with Crippen LogP contribution in [0, 0.1) is 16.0 Å². The summed E-state index contributed by atoms with van der Waals surface area (Å²) in [5.41, 5.74) is 5.38. The highest BCUT2D eigenvalue weighted by Crippen LogP contribution is 2.26. The molecule has 0 bridgehead atoms. The van der Waals surface area contributed by atoms with Crippen molar-refractivity contribution in [3.05, 3.63) is 33.3 Å². The van der Waals surface area contributed by atoms with Crippen LogP contribution in [0.2, 0.25) is 5.02 Å². The van der Waals surface area contributed by atoms with Gasteiger partial charge in [0.05, 0.1) is 28.7 Å². The number of piperidine rings is 1. The number of nitrogens with two attached hydrogens (primary N) is 1. The van der Waals surface area contributed by atoms with Crippen molar-refractivity contribution in [2.45, 2.75) is 25.8 Å². The normalized spacial score (nSPS) is 21.8. The number of likely N-dealkylation sites (tertiary alicyclic amines) is 1. The predicted molar refractivity (Wildman–Crippen MR) is 88.8 cm³/mol. The number of quaternary nitrogens is 1. The van der Waals surface area contributed by atoms with Crippen molar-refractivity contribution in [3.8, 4) is 0 Å². The Bertz CT molecular complexity index is 659. The minimum atomic E-state index is -0.546. The molecule has 2 amide bonds. The van der Waals surface area contributed by atoms with Crippen LogP contribution in [0.1, 0.15) is 19.8 Å². The van der Waals surface area contributed by atoms with Gasteiger partial charge < -0.3 is 16.0 Å². The van der Waals surface area contributed by atoms with Crippen molar-refractivity contribution in [1.82, 2.24) is 0 Å². The molecule has 1 aliphatic heterocycles. The van der Waals surface area contributed by atoms with E-state index >= 15 is 0 Å². The minimum Gasteiger partial charge on any atom is -0.369 e. The third-order valence-corrected chi connectivity index (χ3v) is 4.78. The Labute approximate surface area is 144 Å². The Morgan fingerprint density at radius 1 is 1.42 bits per heavy atom. The monoisotopic (exact) mass is 355 g/mol. The first-order valence-corrected chi connectivity index (χ1v) is 8.06.